The van der Waals surface area contributed by atoms with Gasteiger partial charge >= 0.3 is 0 Å². The fraction of sp³-hybridized carbons (Fsp3) is 0.462. The van der Waals surface area contributed by atoms with Gasteiger partial charge < -0.3 is 9.80 Å². The molecule has 0 spiro atoms. The van der Waals surface area contributed by atoms with E-state index in [0.717, 1.165) is 19.6 Å². The normalized spacial score (nSPS) is 14.5. The number of nitrogens with two attached hydrogens (primary N) is 1. The molecule has 8 heteroatoms. The monoisotopic (exact) mass is 305 g/mol. The first kappa shape index (κ1) is 14.0. The van der Waals surface area contributed by atoms with E-state index in [2.05, 4.69) is 36.7 Å². The molecule has 0 atom stereocenters. The summed E-state index contributed by atoms with van der Waals surface area (Å²) in [6, 6.07) is 4.15. The third-order valence-corrected chi connectivity index (χ3v) is 4.31. The van der Waals surface area contributed by atoms with E-state index in [1.165, 1.54) is 17.7 Å². The maximum absolute atomic E-state index is 5.48. The van der Waals surface area contributed by atoms with Crippen molar-refractivity contribution in [2.24, 2.45) is 5.84 Å². The summed E-state index contributed by atoms with van der Waals surface area (Å²) in [5, 5.41) is 2.07. The highest BCUT2D eigenvalue weighted by molar-refractivity contribution is 7.09. The van der Waals surface area contributed by atoms with E-state index in [-0.39, 0.29) is 0 Å². The van der Waals surface area contributed by atoms with Crippen LogP contribution in [0.25, 0.3) is 0 Å². The lowest BCUT2D eigenvalue weighted by molar-refractivity contribution is 0.830. The minimum absolute atomic E-state index is 0.403. The minimum Gasteiger partial charge on any atom is -0.341 e. The molecule has 0 unspecified atom stereocenters. The SMILES string of the molecule is CN(Cc1cccs1)c1nc(NN)nc(N2CCCC2)n1. The summed E-state index contributed by atoms with van der Waals surface area (Å²) in [6.45, 7) is 2.75. The fourth-order valence-electron chi connectivity index (χ4n) is 2.35. The number of hydrazine groups is 1. The first-order valence-electron chi connectivity index (χ1n) is 6.97. The molecule has 112 valence electrons. The van der Waals surface area contributed by atoms with Crippen LogP contribution in [0.3, 0.4) is 0 Å². The first-order chi connectivity index (χ1) is 10.3. The van der Waals surface area contributed by atoms with Gasteiger partial charge in [-0.1, -0.05) is 6.07 Å². The Hall–Kier alpha value is -1.93. The Morgan fingerprint density at radius 2 is 2.14 bits per heavy atom. The van der Waals surface area contributed by atoms with Gasteiger partial charge in [-0.05, 0) is 24.3 Å². The van der Waals surface area contributed by atoms with Gasteiger partial charge in [0.05, 0.1) is 6.54 Å². The van der Waals surface area contributed by atoms with Gasteiger partial charge in [0.2, 0.25) is 17.8 Å². The lowest BCUT2D eigenvalue weighted by Crippen LogP contribution is -2.26. The molecular formula is C13H19N7S. The molecule has 0 bridgehead atoms. The van der Waals surface area contributed by atoms with Crippen LogP contribution < -0.4 is 21.1 Å². The Labute approximate surface area is 127 Å². The van der Waals surface area contributed by atoms with E-state index in [4.69, 9.17) is 5.84 Å². The van der Waals surface area contributed by atoms with Crippen LogP contribution >= 0.6 is 11.3 Å². The third kappa shape index (κ3) is 3.22. The molecule has 3 rings (SSSR count). The van der Waals surface area contributed by atoms with E-state index in [9.17, 15) is 0 Å². The number of hydrogen-bond acceptors (Lipinski definition) is 8. The van der Waals surface area contributed by atoms with Crippen molar-refractivity contribution in [2.75, 3.05) is 35.4 Å². The smallest absolute Gasteiger partial charge is 0.243 e. The molecular weight excluding hydrogens is 286 g/mol. The summed E-state index contributed by atoms with van der Waals surface area (Å²) in [5.74, 6) is 7.22. The van der Waals surface area contributed by atoms with Crippen molar-refractivity contribution in [1.82, 2.24) is 15.0 Å². The van der Waals surface area contributed by atoms with Crippen molar-refractivity contribution in [3.63, 3.8) is 0 Å². The molecule has 1 aliphatic rings. The van der Waals surface area contributed by atoms with Crippen LogP contribution in [0.1, 0.15) is 17.7 Å². The van der Waals surface area contributed by atoms with E-state index >= 15 is 0 Å². The summed E-state index contributed by atoms with van der Waals surface area (Å²) >= 11 is 1.72. The van der Waals surface area contributed by atoms with E-state index in [1.54, 1.807) is 11.3 Å². The minimum atomic E-state index is 0.403. The van der Waals surface area contributed by atoms with Crippen LogP contribution in [0.4, 0.5) is 17.8 Å². The Balaban J connectivity index is 1.84. The summed E-state index contributed by atoms with van der Waals surface area (Å²) in [4.78, 5) is 18.7. The predicted octanol–water partition coefficient (Wildman–Crippen LogP) is 1.46. The molecule has 0 aliphatic carbocycles. The first-order valence-corrected chi connectivity index (χ1v) is 7.85. The molecule has 0 saturated carbocycles. The quantitative estimate of drug-likeness (QED) is 0.639. The molecule has 2 aromatic heterocycles. The second kappa shape index (κ2) is 6.23. The van der Waals surface area contributed by atoms with Crippen LogP contribution in [0.2, 0.25) is 0 Å². The number of nitrogens with zero attached hydrogens (tertiary/aromatic N) is 5. The Morgan fingerprint density at radius 3 is 2.81 bits per heavy atom. The van der Waals surface area contributed by atoms with Crippen molar-refractivity contribution in [2.45, 2.75) is 19.4 Å². The van der Waals surface area contributed by atoms with Crippen molar-refractivity contribution < 1.29 is 0 Å². The molecule has 2 aromatic rings. The highest BCUT2D eigenvalue weighted by atomic mass is 32.1. The zero-order valence-electron chi connectivity index (χ0n) is 12.0. The molecule has 1 saturated heterocycles. The van der Waals surface area contributed by atoms with Crippen molar-refractivity contribution in [1.29, 1.82) is 0 Å². The predicted molar refractivity (Wildman–Crippen MR) is 85.5 cm³/mol. The molecule has 0 radical (unpaired) electrons. The number of thiophene rings is 1. The number of rotatable bonds is 5. The van der Waals surface area contributed by atoms with Gasteiger partial charge in [0.1, 0.15) is 0 Å². The van der Waals surface area contributed by atoms with E-state index < -0.39 is 0 Å². The van der Waals surface area contributed by atoms with Crippen LogP contribution in [0, 0.1) is 0 Å². The second-order valence-corrected chi connectivity index (χ2v) is 6.07. The number of aromatic nitrogens is 3. The summed E-state index contributed by atoms with van der Waals surface area (Å²) in [5.41, 5.74) is 2.53. The average molecular weight is 305 g/mol. The molecule has 1 aliphatic heterocycles. The van der Waals surface area contributed by atoms with Crippen molar-refractivity contribution >= 4 is 29.2 Å². The van der Waals surface area contributed by atoms with E-state index in [0.29, 0.717) is 17.8 Å². The van der Waals surface area contributed by atoms with Gasteiger partial charge in [-0.25, -0.2) is 5.84 Å². The van der Waals surface area contributed by atoms with Gasteiger partial charge in [0.25, 0.3) is 0 Å². The van der Waals surface area contributed by atoms with Crippen LogP contribution in [-0.2, 0) is 6.54 Å². The Kier molecular flexibility index (Phi) is 4.16. The maximum Gasteiger partial charge on any atom is 0.243 e. The zero-order valence-corrected chi connectivity index (χ0v) is 12.8. The van der Waals surface area contributed by atoms with Gasteiger partial charge in [-0.15, -0.1) is 11.3 Å². The molecule has 3 N–H and O–H groups in total. The fourth-order valence-corrected chi connectivity index (χ4v) is 3.11. The van der Waals surface area contributed by atoms with Gasteiger partial charge in [-0.2, -0.15) is 15.0 Å². The zero-order chi connectivity index (χ0) is 14.7. The number of hydrogen-bond donors (Lipinski definition) is 2. The summed E-state index contributed by atoms with van der Waals surface area (Å²) in [7, 11) is 1.98. The molecule has 7 nitrogen and oxygen atoms in total. The molecule has 0 aromatic carbocycles. The molecule has 3 heterocycles. The van der Waals surface area contributed by atoms with Crippen molar-refractivity contribution in [3.05, 3.63) is 22.4 Å². The molecule has 0 amide bonds. The lowest BCUT2D eigenvalue weighted by atomic mass is 10.4. The molecule has 21 heavy (non-hydrogen) atoms. The van der Waals surface area contributed by atoms with Gasteiger partial charge in [-0.3, -0.25) is 5.43 Å². The standard InChI is InChI=1S/C13H19N7S/c1-19(9-10-5-4-8-21-10)12-15-11(18-14)16-13(17-12)20-6-2-3-7-20/h4-5,8H,2-3,6-7,9,14H2,1H3,(H,15,16,17,18). The third-order valence-electron chi connectivity index (χ3n) is 3.44. The van der Waals surface area contributed by atoms with Crippen LogP contribution in [0.15, 0.2) is 17.5 Å². The highest BCUT2D eigenvalue weighted by Crippen LogP contribution is 2.21. The Bertz CT molecular complexity index is 580. The van der Waals surface area contributed by atoms with Gasteiger partial charge in [0.15, 0.2) is 0 Å². The highest BCUT2D eigenvalue weighted by Gasteiger charge is 2.18. The topological polar surface area (TPSA) is 83.2 Å². The largest absolute Gasteiger partial charge is 0.341 e. The van der Waals surface area contributed by atoms with Crippen LogP contribution in [-0.4, -0.2) is 35.1 Å². The number of nitrogens with one attached hydrogen (secondary N) is 1. The maximum atomic E-state index is 5.48. The van der Waals surface area contributed by atoms with Crippen LogP contribution in [0.5, 0.6) is 0 Å². The Morgan fingerprint density at radius 1 is 1.33 bits per heavy atom. The summed E-state index contributed by atoms with van der Waals surface area (Å²) in [6.07, 6.45) is 2.36. The number of nitrogen functional groups attached to an aromatic ring is 1. The lowest BCUT2D eigenvalue weighted by Gasteiger charge is -2.20. The van der Waals surface area contributed by atoms with Crippen molar-refractivity contribution in [3.8, 4) is 0 Å². The van der Waals surface area contributed by atoms with E-state index in [1.807, 2.05) is 18.0 Å². The summed E-state index contributed by atoms with van der Waals surface area (Å²) < 4.78 is 0. The van der Waals surface area contributed by atoms with Gasteiger partial charge in [0, 0.05) is 25.0 Å². The number of anilines is 3. The average Bonchev–Trinajstić information content (AvgIpc) is 3.20. The molecule has 1 fully saturated rings. The second-order valence-electron chi connectivity index (χ2n) is 5.03.